The minimum absolute atomic E-state index is 0.125. The van der Waals surface area contributed by atoms with E-state index in [1.54, 1.807) is 7.05 Å². The number of hydrogen-bond donors (Lipinski definition) is 2. The molecule has 14 heavy (non-hydrogen) atoms. The third-order valence-electron chi connectivity index (χ3n) is 2.49. The van der Waals surface area contributed by atoms with Crippen molar-refractivity contribution in [3.63, 3.8) is 0 Å². The van der Waals surface area contributed by atoms with Gasteiger partial charge in [0, 0.05) is 11.3 Å². The minimum Gasteiger partial charge on any atom is -0.352 e. The summed E-state index contributed by atoms with van der Waals surface area (Å²) >= 11 is 2.02. The minimum atomic E-state index is 0.125. The number of rotatable bonds is 5. The maximum Gasteiger partial charge on any atom is 0.234 e. The number of nitrogens with one attached hydrogen (secondary N) is 2. The van der Waals surface area contributed by atoms with Crippen molar-refractivity contribution in [2.24, 2.45) is 0 Å². The Balaban J connectivity index is 2.18. The van der Waals surface area contributed by atoms with Crippen LogP contribution in [0.15, 0.2) is 0 Å². The van der Waals surface area contributed by atoms with Gasteiger partial charge in [0.1, 0.15) is 0 Å². The van der Waals surface area contributed by atoms with E-state index < -0.39 is 0 Å². The lowest BCUT2D eigenvalue weighted by Crippen LogP contribution is -2.38. The standard InChI is InChI=1S/C10H20N2OS/c1-3-14-9-5-4-8(6-9)12-10(13)7-11-2/h8-9,11H,3-7H2,1-2H3,(H,12,13). The van der Waals surface area contributed by atoms with Gasteiger partial charge in [0.25, 0.3) is 0 Å². The van der Waals surface area contributed by atoms with E-state index in [4.69, 9.17) is 0 Å². The molecular formula is C10H20N2OS. The van der Waals surface area contributed by atoms with Crippen LogP contribution in [0.1, 0.15) is 26.2 Å². The van der Waals surface area contributed by atoms with Crippen molar-refractivity contribution in [3.05, 3.63) is 0 Å². The molecule has 2 N–H and O–H groups in total. The highest BCUT2D eigenvalue weighted by molar-refractivity contribution is 7.99. The summed E-state index contributed by atoms with van der Waals surface area (Å²) in [5, 5.41) is 6.68. The van der Waals surface area contributed by atoms with Crippen LogP contribution in [0.3, 0.4) is 0 Å². The molecule has 0 saturated heterocycles. The van der Waals surface area contributed by atoms with Gasteiger partial charge in [-0.3, -0.25) is 4.79 Å². The quantitative estimate of drug-likeness (QED) is 0.720. The van der Waals surface area contributed by atoms with Crippen LogP contribution in [0.25, 0.3) is 0 Å². The van der Waals surface area contributed by atoms with Gasteiger partial charge in [-0.05, 0) is 32.1 Å². The Bertz CT molecular complexity index is 187. The van der Waals surface area contributed by atoms with Gasteiger partial charge in [-0.25, -0.2) is 0 Å². The molecule has 1 aliphatic rings. The molecule has 1 aliphatic carbocycles. The Morgan fingerprint density at radius 2 is 2.29 bits per heavy atom. The highest BCUT2D eigenvalue weighted by atomic mass is 32.2. The molecule has 4 heteroatoms. The first kappa shape index (κ1) is 11.9. The molecule has 82 valence electrons. The van der Waals surface area contributed by atoms with Crippen molar-refractivity contribution in [2.75, 3.05) is 19.3 Å². The highest BCUT2D eigenvalue weighted by Gasteiger charge is 2.25. The third kappa shape index (κ3) is 3.88. The molecule has 1 fully saturated rings. The third-order valence-corrected chi connectivity index (χ3v) is 3.72. The summed E-state index contributed by atoms with van der Waals surface area (Å²) in [5.41, 5.74) is 0. The Hall–Kier alpha value is -0.220. The molecule has 2 unspecified atom stereocenters. The second kappa shape index (κ2) is 6.30. The predicted octanol–water partition coefficient (Wildman–Crippen LogP) is 0.996. The first-order chi connectivity index (χ1) is 6.76. The molecule has 0 aromatic carbocycles. The van der Waals surface area contributed by atoms with Crippen molar-refractivity contribution in [2.45, 2.75) is 37.5 Å². The van der Waals surface area contributed by atoms with Crippen LogP contribution in [0.2, 0.25) is 0 Å². The summed E-state index contributed by atoms with van der Waals surface area (Å²) in [7, 11) is 1.80. The smallest absolute Gasteiger partial charge is 0.234 e. The summed E-state index contributed by atoms with van der Waals surface area (Å²) < 4.78 is 0. The van der Waals surface area contributed by atoms with Crippen molar-refractivity contribution < 1.29 is 4.79 Å². The summed E-state index contributed by atoms with van der Waals surface area (Å²) in [5.74, 6) is 1.31. The Morgan fingerprint density at radius 3 is 2.93 bits per heavy atom. The van der Waals surface area contributed by atoms with Crippen molar-refractivity contribution in [3.8, 4) is 0 Å². The first-order valence-electron chi connectivity index (χ1n) is 5.31. The summed E-state index contributed by atoms with van der Waals surface area (Å²) in [6, 6.07) is 0.417. The molecule has 0 radical (unpaired) electrons. The molecule has 0 spiro atoms. The van der Waals surface area contributed by atoms with Crippen LogP contribution in [-0.2, 0) is 4.79 Å². The van der Waals surface area contributed by atoms with Crippen LogP contribution >= 0.6 is 11.8 Å². The zero-order chi connectivity index (χ0) is 10.4. The molecule has 0 aromatic heterocycles. The number of amides is 1. The van der Waals surface area contributed by atoms with E-state index in [9.17, 15) is 4.79 Å². The van der Waals surface area contributed by atoms with E-state index in [0.717, 1.165) is 18.1 Å². The number of hydrogen-bond acceptors (Lipinski definition) is 3. The molecule has 0 heterocycles. The number of thioether (sulfide) groups is 1. The zero-order valence-electron chi connectivity index (χ0n) is 9.01. The van der Waals surface area contributed by atoms with Crippen LogP contribution in [0.4, 0.5) is 0 Å². The number of carbonyl (C=O) groups is 1. The Morgan fingerprint density at radius 1 is 1.50 bits per heavy atom. The van der Waals surface area contributed by atoms with E-state index in [2.05, 4.69) is 17.6 Å². The van der Waals surface area contributed by atoms with Gasteiger partial charge < -0.3 is 10.6 Å². The molecule has 1 saturated carbocycles. The number of likely N-dealkylation sites (N-methyl/N-ethyl adjacent to an activating group) is 1. The summed E-state index contributed by atoms with van der Waals surface area (Å²) in [4.78, 5) is 11.3. The molecule has 2 atom stereocenters. The lowest BCUT2D eigenvalue weighted by molar-refractivity contribution is -0.120. The largest absolute Gasteiger partial charge is 0.352 e. The SMILES string of the molecule is CCSC1CCC(NC(=O)CNC)C1. The molecule has 0 aliphatic heterocycles. The second-order valence-corrected chi connectivity index (χ2v) is 5.26. The van der Waals surface area contributed by atoms with Gasteiger partial charge in [-0.1, -0.05) is 6.92 Å². The highest BCUT2D eigenvalue weighted by Crippen LogP contribution is 2.29. The lowest BCUT2D eigenvalue weighted by Gasteiger charge is -2.12. The fourth-order valence-corrected chi connectivity index (χ4v) is 3.04. The van der Waals surface area contributed by atoms with E-state index >= 15 is 0 Å². The number of carbonyl (C=O) groups excluding carboxylic acids is 1. The van der Waals surface area contributed by atoms with Gasteiger partial charge in [0.2, 0.25) is 5.91 Å². The van der Waals surface area contributed by atoms with Gasteiger partial charge in [0.15, 0.2) is 0 Å². The van der Waals surface area contributed by atoms with Gasteiger partial charge in [-0.2, -0.15) is 11.8 Å². The van der Waals surface area contributed by atoms with Gasteiger partial charge in [0.05, 0.1) is 6.54 Å². The van der Waals surface area contributed by atoms with Crippen molar-refractivity contribution >= 4 is 17.7 Å². The topological polar surface area (TPSA) is 41.1 Å². The molecule has 1 amide bonds. The molecule has 0 bridgehead atoms. The fraction of sp³-hybridized carbons (Fsp3) is 0.900. The van der Waals surface area contributed by atoms with Crippen molar-refractivity contribution in [1.29, 1.82) is 0 Å². The molecule has 3 nitrogen and oxygen atoms in total. The second-order valence-electron chi connectivity index (χ2n) is 3.69. The predicted molar refractivity (Wildman–Crippen MR) is 61.6 cm³/mol. The average molecular weight is 216 g/mol. The average Bonchev–Trinajstić information content (AvgIpc) is 2.53. The molecule has 1 rings (SSSR count). The van der Waals surface area contributed by atoms with E-state index in [0.29, 0.717) is 12.6 Å². The van der Waals surface area contributed by atoms with Crippen LogP contribution in [0, 0.1) is 0 Å². The summed E-state index contributed by atoms with van der Waals surface area (Å²) in [6.07, 6.45) is 3.55. The molecular weight excluding hydrogens is 196 g/mol. The maximum absolute atomic E-state index is 11.3. The lowest BCUT2D eigenvalue weighted by atomic mass is 10.2. The first-order valence-corrected chi connectivity index (χ1v) is 6.36. The van der Waals surface area contributed by atoms with E-state index in [1.807, 2.05) is 11.8 Å². The maximum atomic E-state index is 11.3. The van der Waals surface area contributed by atoms with E-state index in [1.165, 1.54) is 12.2 Å². The molecule has 0 aromatic rings. The van der Waals surface area contributed by atoms with Gasteiger partial charge >= 0.3 is 0 Å². The normalized spacial score (nSPS) is 26.4. The van der Waals surface area contributed by atoms with Gasteiger partial charge in [-0.15, -0.1) is 0 Å². The van der Waals surface area contributed by atoms with Crippen LogP contribution < -0.4 is 10.6 Å². The van der Waals surface area contributed by atoms with Crippen molar-refractivity contribution in [1.82, 2.24) is 10.6 Å². The summed E-state index contributed by atoms with van der Waals surface area (Å²) in [6.45, 7) is 2.62. The van der Waals surface area contributed by atoms with Crippen LogP contribution in [0.5, 0.6) is 0 Å². The van der Waals surface area contributed by atoms with Crippen LogP contribution in [-0.4, -0.2) is 36.5 Å². The Labute approximate surface area is 90.4 Å². The fourth-order valence-electron chi connectivity index (χ4n) is 1.90. The monoisotopic (exact) mass is 216 g/mol. The zero-order valence-corrected chi connectivity index (χ0v) is 9.82. The Kier molecular flexibility index (Phi) is 5.33. The van der Waals surface area contributed by atoms with E-state index in [-0.39, 0.29) is 5.91 Å².